The van der Waals surface area contributed by atoms with Crippen LogP contribution >= 0.6 is 0 Å². The number of fused-ring (bicyclic) bond motifs is 1. The van der Waals surface area contributed by atoms with Crippen LogP contribution in [0.15, 0.2) is 29.1 Å². The molecule has 0 spiro atoms. The molecule has 0 aliphatic carbocycles. The van der Waals surface area contributed by atoms with Gasteiger partial charge in [-0.05, 0) is 31.2 Å². The van der Waals surface area contributed by atoms with Gasteiger partial charge in [0, 0.05) is 38.2 Å². The second-order valence-electron chi connectivity index (χ2n) is 7.90. The Morgan fingerprint density at radius 2 is 1.75 bits per heavy atom. The molecule has 0 saturated heterocycles. The van der Waals surface area contributed by atoms with Crippen molar-refractivity contribution >= 4 is 24.5 Å². The number of rotatable bonds is 3. The smallest absolute Gasteiger partial charge is 0.188 e. The Hall–Kier alpha value is -2.15. The number of oxazole rings is 1. The van der Waals surface area contributed by atoms with Crippen LogP contribution in [-0.2, 0) is 20.1 Å². The molecule has 1 radical (unpaired) electrons. The molecular weight excluding hydrogens is 547 g/mol. The van der Waals surface area contributed by atoms with Crippen molar-refractivity contribution < 1.29 is 24.5 Å². The Bertz CT molecular complexity index is 1140. The first-order valence-electron chi connectivity index (χ1n) is 8.92. The van der Waals surface area contributed by atoms with Crippen molar-refractivity contribution in [2.24, 2.45) is 0 Å². The molecule has 147 valence electrons. The van der Waals surface area contributed by atoms with Gasteiger partial charge in [-0.25, -0.2) is 4.98 Å². The van der Waals surface area contributed by atoms with Crippen LogP contribution in [0.2, 0.25) is 19.6 Å². The second kappa shape index (κ2) is 7.35. The fourth-order valence-corrected chi connectivity index (χ4v) is 4.70. The normalized spacial score (nSPS) is 11.6. The van der Waals surface area contributed by atoms with Crippen LogP contribution in [0.5, 0.6) is 0 Å². The summed E-state index contributed by atoms with van der Waals surface area (Å²) >= 11 is 0. The van der Waals surface area contributed by atoms with Crippen molar-refractivity contribution in [3.63, 3.8) is 0 Å². The van der Waals surface area contributed by atoms with Crippen LogP contribution in [0.3, 0.4) is 0 Å². The Kier molecular flexibility index (Phi) is 5.40. The standard InChI is InChI=1S/C20H22N5OSi.Ir/c1-12-9-15(27(4,5)6)10-13(2)18(12)25-11-22-24-19(25)16-7-8-21-20-17(16)23-14(3)26-20;/h8-11H,1-6H3;/q-1;. The van der Waals surface area contributed by atoms with Crippen molar-refractivity contribution in [2.75, 3.05) is 0 Å². The average Bonchev–Trinajstić information content (AvgIpc) is 3.18. The number of aromatic nitrogens is 5. The molecule has 0 bridgehead atoms. The molecule has 0 aliphatic heterocycles. The number of hydrogen-bond donors (Lipinski definition) is 0. The van der Waals surface area contributed by atoms with E-state index in [4.69, 9.17) is 4.42 Å². The van der Waals surface area contributed by atoms with Crippen molar-refractivity contribution in [3.05, 3.63) is 47.7 Å². The predicted octanol–water partition coefficient (Wildman–Crippen LogP) is 3.74. The molecule has 0 amide bonds. The quantitative estimate of drug-likeness (QED) is 0.278. The van der Waals surface area contributed by atoms with E-state index >= 15 is 0 Å². The van der Waals surface area contributed by atoms with Gasteiger partial charge in [0.05, 0.1) is 13.9 Å². The first-order valence-corrected chi connectivity index (χ1v) is 12.4. The van der Waals surface area contributed by atoms with Crippen LogP contribution in [0.1, 0.15) is 17.0 Å². The van der Waals surface area contributed by atoms with E-state index in [1.165, 1.54) is 16.3 Å². The van der Waals surface area contributed by atoms with Gasteiger partial charge in [0.2, 0.25) is 0 Å². The zero-order valence-electron chi connectivity index (χ0n) is 16.8. The van der Waals surface area contributed by atoms with Crippen molar-refractivity contribution in [1.29, 1.82) is 0 Å². The largest absolute Gasteiger partial charge is 0.436 e. The summed E-state index contributed by atoms with van der Waals surface area (Å²) in [4.78, 5) is 8.67. The third kappa shape index (κ3) is 3.48. The molecule has 6 nitrogen and oxygen atoms in total. The van der Waals surface area contributed by atoms with E-state index in [0.29, 0.717) is 22.9 Å². The Morgan fingerprint density at radius 3 is 2.39 bits per heavy atom. The van der Waals surface area contributed by atoms with Crippen LogP contribution in [0.25, 0.3) is 28.3 Å². The summed E-state index contributed by atoms with van der Waals surface area (Å²) in [5, 5.41) is 9.97. The molecule has 0 unspecified atom stereocenters. The Labute approximate surface area is 178 Å². The van der Waals surface area contributed by atoms with Crippen molar-refractivity contribution in [2.45, 2.75) is 40.4 Å². The van der Waals surface area contributed by atoms with E-state index in [0.717, 1.165) is 11.3 Å². The molecule has 0 N–H and O–H groups in total. The summed E-state index contributed by atoms with van der Waals surface area (Å²) in [6, 6.07) is 7.75. The van der Waals surface area contributed by atoms with Gasteiger partial charge in [-0.2, -0.15) is 16.3 Å². The van der Waals surface area contributed by atoms with Gasteiger partial charge in [0.25, 0.3) is 0 Å². The molecule has 4 aromatic rings. The molecule has 0 atom stereocenters. The summed E-state index contributed by atoms with van der Waals surface area (Å²) in [5.74, 6) is 1.25. The molecule has 3 aromatic heterocycles. The molecule has 1 aromatic carbocycles. The number of nitrogens with zero attached hydrogens (tertiary/aromatic N) is 5. The van der Waals surface area contributed by atoms with Crippen LogP contribution in [0, 0.1) is 26.8 Å². The zero-order chi connectivity index (χ0) is 19.3. The molecule has 0 saturated carbocycles. The maximum Gasteiger partial charge on any atom is 0.188 e. The van der Waals surface area contributed by atoms with Gasteiger partial charge in [-0.1, -0.05) is 37.0 Å². The summed E-state index contributed by atoms with van der Waals surface area (Å²) in [6.45, 7) is 13.2. The second-order valence-corrected chi connectivity index (χ2v) is 13.0. The number of aryl methyl sites for hydroxylation is 3. The fraction of sp³-hybridized carbons (Fsp3) is 0.300. The topological polar surface area (TPSA) is 69.6 Å². The van der Waals surface area contributed by atoms with Crippen molar-refractivity contribution in [1.82, 2.24) is 24.7 Å². The number of benzene rings is 1. The fourth-order valence-electron chi connectivity index (χ4n) is 3.40. The van der Waals surface area contributed by atoms with Crippen molar-refractivity contribution in [3.8, 4) is 17.1 Å². The minimum absolute atomic E-state index is 0. The molecule has 4 rings (SSSR count). The SMILES string of the molecule is Cc1nc2c(-c3nncn3-c3c(C)cc([Si](C)(C)C)cc3C)[c-]cnc2o1.[Ir]. The van der Waals surface area contributed by atoms with Gasteiger partial charge in [-0.15, -0.1) is 5.56 Å². The van der Waals surface area contributed by atoms with E-state index in [1.807, 2.05) is 4.57 Å². The van der Waals surface area contributed by atoms with E-state index in [1.54, 1.807) is 19.4 Å². The summed E-state index contributed by atoms with van der Waals surface area (Å²) < 4.78 is 7.57. The summed E-state index contributed by atoms with van der Waals surface area (Å²) in [5.41, 5.74) is 5.37. The van der Waals surface area contributed by atoms with Gasteiger partial charge < -0.3 is 8.98 Å². The maximum absolute atomic E-state index is 5.56. The first-order chi connectivity index (χ1) is 12.8. The summed E-state index contributed by atoms with van der Waals surface area (Å²) in [6.07, 6.45) is 3.33. The van der Waals surface area contributed by atoms with Gasteiger partial charge in [0.1, 0.15) is 6.33 Å². The Morgan fingerprint density at radius 1 is 1.07 bits per heavy atom. The van der Waals surface area contributed by atoms with Crippen LogP contribution < -0.4 is 5.19 Å². The summed E-state index contributed by atoms with van der Waals surface area (Å²) in [7, 11) is -1.39. The average molecular weight is 569 g/mol. The molecular formula is C20H22IrN5OSi-. The third-order valence-corrected chi connectivity index (χ3v) is 6.73. The minimum atomic E-state index is -1.39. The Balaban J connectivity index is 0.00000225. The van der Waals surface area contributed by atoms with Gasteiger partial charge >= 0.3 is 0 Å². The number of hydrogen-bond acceptors (Lipinski definition) is 5. The van der Waals surface area contributed by atoms with E-state index < -0.39 is 8.07 Å². The third-order valence-electron chi connectivity index (χ3n) is 4.71. The molecule has 8 heteroatoms. The van der Waals surface area contributed by atoms with Crippen LogP contribution in [0.4, 0.5) is 0 Å². The van der Waals surface area contributed by atoms with Crippen LogP contribution in [-0.4, -0.2) is 32.8 Å². The molecule has 28 heavy (non-hydrogen) atoms. The first kappa shape index (κ1) is 20.6. The molecule has 0 aliphatic rings. The molecule has 0 fully saturated rings. The zero-order valence-corrected chi connectivity index (χ0v) is 20.2. The number of pyridine rings is 1. The maximum atomic E-state index is 5.56. The van der Waals surface area contributed by atoms with E-state index in [9.17, 15) is 0 Å². The molecule has 3 heterocycles. The van der Waals surface area contributed by atoms with Gasteiger partial charge in [0.15, 0.2) is 11.6 Å². The monoisotopic (exact) mass is 569 g/mol. The van der Waals surface area contributed by atoms with E-state index in [-0.39, 0.29) is 20.1 Å². The predicted molar refractivity (Wildman–Crippen MR) is 108 cm³/mol. The van der Waals surface area contributed by atoms with Gasteiger partial charge in [-0.3, -0.25) is 4.98 Å². The van der Waals surface area contributed by atoms with E-state index in [2.05, 4.69) is 71.9 Å². The minimum Gasteiger partial charge on any atom is -0.436 e.